The second-order valence-corrected chi connectivity index (χ2v) is 7.42. The zero-order valence-electron chi connectivity index (χ0n) is 18.0. The molecule has 5 aromatic rings. The first-order valence-corrected chi connectivity index (χ1v) is 10.1. The molecular weight excluding hydrogens is 414 g/mol. The molecule has 8 nitrogen and oxygen atoms in total. The second kappa shape index (κ2) is 8.05. The average Bonchev–Trinajstić information content (AvgIpc) is 3.13. The van der Waals surface area contributed by atoms with Crippen LogP contribution in [0.2, 0.25) is 0 Å². The molecule has 4 heterocycles. The molecule has 0 saturated carbocycles. The van der Waals surface area contributed by atoms with Gasteiger partial charge < -0.3 is 15.0 Å². The van der Waals surface area contributed by atoms with Crippen LogP contribution in [-0.4, -0.2) is 29.5 Å². The number of aromatic nitrogens is 6. The number of hydrogen-bond acceptors (Lipinski definition) is 7. The summed E-state index contributed by atoms with van der Waals surface area (Å²) in [5.41, 5.74) is 12.0. The van der Waals surface area contributed by atoms with Crippen LogP contribution in [0, 0.1) is 19.3 Å². The lowest BCUT2D eigenvalue weighted by molar-refractivity contribution is 0.440. The lowest BCUT2D eigenvalue weighted by atomic mass is 9.99. The Hall–Kier alpha value is -4.77. The minimum Gasteiger partial charge on any atom is -0.424 e. The smallest absolute Gasteiger partial charge is 0.322 e. The van der Waals surface area contributed by atoms with Crippen LogP contribution in [0.5, 0.6) is 11.8 Å². The summed E-state index contributed by atoms with van der Waals surface area (Å²) in [5.74, 6) is 3.57. The highest BCUT2D eigenvalue weighted by molar-refractivity contribution is 6.07. The fourth-order valence-corrected chi connectivity index (χ4v) is 3.78. The van der Waals surface area contributed by atoms with Crippen molar-refractivity contribution < 1.29 is 4.74 Å². The zero-order chi connectivity index (χ0) is 22.9. The van der Waals surface area contributed by atoms with Crippen molar-refractivity contribution in [3.8, 4) is 46.5 Å². The number of nitrogens with two attached hydrogens (primary N) is 1. The summed E-state index contributed by atoms with van der Waals surface area (Å²) < 4.78 is 7.79. The van der Waals surface area contributed by atoms with Crippen molar-refractivity contribution in [2.45, 2.75) is 6.92 Å². The van der Waals surface area contributed by atoms with Crippen molar-refractivity contribution >= 4 is 16.9 Å². The fraction of sp³-hybridized carbons (Fsp3) is 0.0800. The molecule has 0 radical (unpaired) electrons. The first-order valence-electron chi connectivity index (χ1n) is 10.1. The van der Waals surface area contributed by atoms with E-state index in [2.05, 4.69) is 30.8 Å². The van der Waals surface area contributed by atoms with Crippen molar-refractivity contribution in [2.24, 2.45) is 7.05 Å². The highest BCUT2D eigenvalue weighted by Crippen LogP contribution is 2.41. The number of ether oxygens (including phenoxy) is 1. The molecule has 0 saturated heterocycles. The Labute approximate surface area is 190 Å². The number of rotatable bonds is 4. The average molecular weight is 433 g/mol. The quantitative estimate of drug-likeness (QED) is 0.425. The summed E-state index contributed by atoms with van der Waals surface area (Å²) in [6.07, 6.45) is 10.4. The van der Waals surface area contributed by atoms with Crippen LogP contribution in [0.25, 0.3) is 33.4 Å². The summed E-state index contributed by atoms with van der Waals surface area (Å²) in [7, 11) is 1.94. The number of nitrogen functional groups attached to an aromatic ring is 1. The predicted octanol–water partition coefficient (Wildman–Crippen LogP) is 4.15. The van der Waals surface area contributed by atoms with Gasteiger partial charge in [0.05, 0.1) is 11.1 Å². The molecule has 0 fully saturated rings. The van der Waals surface area contributed by atoms with E-state index in [-0.39, 0.29) is 0 Å². The third-order valence-electron chi connectivity index (χ3n) is 5.31. The SMILES string of the molecule is C#Cc1ccc(-c2c(-c3ccc(Oc4nccc(C)n4)cc3)c3c(N)ncnc3n2C)cn1. The molecule has 160 valence electrons. The molecule has 0 aliphatic heterocycles. The normalized spacial score (nSPS) is 10.8. The first kappa shape index (κ1) is 20.2. The van der Waals surface area contributed by atoms with Crippen LogP contribution in [0.15, 0.2) is 61.2 Å². The molecule has 8 heteroatoms. The molecule has 0 bridgehead atoms. The van der Waals surface area contributed by atoms with Gasteiger partial charge in [0.25, 0.3) is 0 Å². The van der Waals surface area contributed by atoms with E-state index in [0.717, 1.165) is 39.1 Å². The summed E-state index contributed by atoms with van der Waals surface area (Å²) in [5, 5.41) is 0.770. The third-order valence-corrected chi connectivity index (χ3v) is 5.31. The van der Waals surface area contributed by atoms with Gasteiger partial charge in [-0.2, -0.15) is 0 Å². The Kier molecular flexibility index (Phi) is 4.92. The molecule has 4 aromatic heterocycles. The summed E-state index contributed by atoms with van der Waals surface area (Å²) in [6, 6.07) is 13.5. The minimum absolute atomic E-state index is 0.297. The molecule has 0 spiro atoms. The maximum absolute atomic E-state index is 6.30. The monoisotopic (exact) mass is 433 g/mol. The van der Waals surface area contributed by atoms with E-state index in [1.165, 1.54) is 6.33 Å². The summed E-state index contributed by atoms with van der Waals surface area (Å²) in [6.45, 7) is 1.89. The predicted molar refractivity (Wildman–Crippen MR) is 126 cm³/mol. The van der Waals surface area contributed by atoms with E-state index in [4.69, 9.17) is 16.9 Å². The Balaban J connectivity index is 1.64. The van der Waals surface area contributed by atoms with Crippen molar-refractivity contribution in [1.82, 2.24) is 29.5 Å². The van der Waals surface area contributed by atoms with E-state index in [1.54, 1.807) is 12.4 Å². The van der Waals surface area contributed by atoms with Gasteiger partial charge in [0, 0.05) is 36.3 Å². The molecule has 0 amide bonds. The minimum atomic E-state index is 0.297. The van der Waals surface area contributed by atoms with E-state index in [1.807, 2.05) is 61.0 Å². The summed E-state index contributed by atoms with van der Waals surface area (Å²) in [4.78, 5) is 21.5. The highest BCUT2D eigenvalue weighted by atomic mass is 16.5. The maximum Gasteiger partial charge on any atom is 0.322 e. The maximum atomic E-state index is 6.30. The Morgan fingerprint density at radius 1 is 0.970 bits per heavy atom. The van der Waals surface area contributed by atoms with Gasteiger partial charge in [-0.25, -0.2) is 24.9 Å². The van der Waals surface area contributed by atoms with Crippen LogP contribution in [0.1, 0.15) is 11.4 Å². The van der Waals surface area contributed by atoms with Crippen LogP contribution in [0.3, 0.4) is 0 Å². The van der Waals surface area contributed by atoms with Gasteiger partial charge in [0.2, 0.25) is 0 Å². The van der Waals surface area contributed by atoms with Gasteiger partial charge in [0.15, 0.2) is 0 Å². The Bertz CT molecular complexity index is 1510. The number of hydrogen-bond donors (Lipinski definition) is 1. The number of fused-ring (bicyclic) bond motifs is 1. The van der Waals surface area contributed by atoms with Crippen molar-refractivity contribution in [3.63, 3.8) is 0 Å². The van der Waals surface area contributed by atoms with Crippen molar-refractivity contribution in [1.29, 1.82) is 0 Å². The number of terminal acetylenes is 1. The molecular formula is C25H19N7O. The standard InChI is InChI=1S/C25H19N7O/c1-4-18-8-5-17(13-28-18)22-20(21-23(26)29-14-30-24(21)32(22)3)16-6-9-19(10-7-16)33-25-27-12-11-15(2)31-25/h1,5-14H,2-3H3,(H2,26,29,30). The molecule has 5 rings (SSSR count). The van der Waals surface area contributed by atoms with Gasteiger partial charge >= 0.3 is 6.01 Å². The van der Waals surface area contributed by atoms with Gasteiger partial charge in [-0.3, -0.25) is 0 Å². The lowest BCUT2D eigenvalue weighted by Crippen LogP contribution is -1.96. The molecule has 2 N–H and O–H groups in total. The van der Waals surface area contributed by atoms with Gasteiger partial charge in [0.1, 0.15) is 29.2 Å². The highest BCUT2D eigenvalue weighted by Gasteiger charge is 2.22. The van der Waals surface area contributed by atoms with Crippen molar-refractivity contribution in [3.05, 3.63) is 72.6 Å². The molecule has 0 aliphatic carbocycles. The number of aryl methyl sites for hydroxylation is 2. The number of benzene rings is 1. The van der Waals surface area contributed by atoms with E-state index in [9.17, 15) is 0 Å². The zero-order valence-corrected chi connectivity index (χ0v) is 18.0. The third kappa shape index (κ3) is 3.62. The van der Waals surface area contributed by atoms with Gasteiger partial charge in [-0.1, -0.05) is 18.1 Å². The Morgan fingerprint density at radius 3 is 2.45 bits per heavy atom. The van der Waals surface area contributed by atoms with Gasteiger partial charge in [-0.05, 0) is 42.8 Å². The van der Waals surface area contributed by atoms with Crippen LogP contribution in [-0.2, 0) is 7.05 Å². The molecule has 0 aliphatic rings. The fourth-order valence-electron chi connectivity index (χ4n) is 3.78. The van der Waals surface area contributed by atoms with E-state index < -0.39 is 0 Å². The van der Waals surface area contributed by atoms with Crippen molar-refractivity contribution in [2.75, 3.05) is 5.73 Å². The van der Waals surface area contributed by atoms with Crippen LogP contribution < -0.4 is 10.5 Å². The summed E-state index contributed by atoms with van der Waals surface area (Å²) >= 11 is 0. The molecule has 0 unspecified atom stereocenters. The number of nitrogens with zero attached hydrogens (tertiary/aromatic N) is 6. The first-order chi connectivity index (χ1) is 16.0. The van der Waals surface area contributed by atoms with Gasteiger partial charge in [-0.15, -0.1) is 6.42 Å². The Morgan fingerprint density at radius 2 is 1.76 bits per heavy atom. The van der Waals surface area contributed by atoms with Crippen LogP contribution >= 0.6 is 0 Å². The second-order valence-electron chi connectivity index (χ2n) is 7.42. The van der Waals surface area contributed by atoms with Crippen LogP contribution in [0.4, 0.5) is 5.82 Å². The molecule has 33 heavy (non-hydrogen) atoms. The largest absolute Gasteiger partial charge is 0.424 e. The lowest BCUT2D eigenvalue weighted by Gasteiger charge is -2.10. The molecule has 1 aromatic carbocycles. The number of anilines is 1. The topological polar surface area (TPSA) is 105 Å². The van der Waals surface area contributed by atoms with E-state index >= 15 is 0 Å². The molecule has 0 atom stereocenters. The van der Waals surface area contributed by atoms with E-state index in [0.29, 0.717) is 23.3 Å². The number of pyridine rings is 1.